The second-order valence-corrected chi connectivity index (χ2v) is 8.37. The number of hydrogen-bond donors (Lipinski definition) is 1. The number of nitrogens with zero attached hydrogens (tertiary/aromatic N) is 3. The van der Waals surface area contributed by atoms with Crippen LogP contribution in [0.2, 0.25) is 0 Å². The zero-order valence-electron chi connectivity index (χ0n) is 17.3. The predicted molar refractivity (Wildman–Crippen MR) is 117 cm³/mol. The van der Waals surface area contributed by atoms with E-state index < -0.39 is 0 Å². The molecule has 1 N–H and O–H groups in total. The lowest BCUT2D eigenvalue weighted by atomic mass is 10.2. The van der Waals surface area contributed by atoms with Gasteiger partial charge in [-0.15, -0.1) is 0 Å². The Balaban J connectivity index is 1.41. The van der Waals surface area contributed by atoms with Gasteiger partial charge in [-0.3, -0.25) is 9.69 Å². The summed E-state index contributed by atoms with van der Waals surface area (Å²) >= 11 is 1.27. The Hall–Kier alpha value is -2.87. The first-order valence-electron chi connectivity index (χ1n) is 10.3. The molecule has 2 aliphatic rings. The second-order valence-electron chi connectivity index (χ2n) is 7.39. The van der Waals surface area contributed by atoms with Crippen molar-refractivity contribution in [1.82, 2.24) is 15.2 Å². The number of anilines is 1. The van der Waals surface area contributed by atoms with E-state index in [0.29, 0.717) is 48.5 Å². The minimum absolute atomic E-state index is 0.0848. The van der Waals surface area contributed by atoms with Gasteiger partial charge < -0.3 is 15.0 Å². The van der Waals surface area contributed by atoms with E-state index in [1.807, 2.05) is 37.3 Å². The van der Waals surface area contributed by atoms with Crippen molar-refractivity contribution in [2.24, 2.45) is 0 Å². The number of urea groups is 1. The van der Waals surface area contributed by atoms with Crippen molar-refractivity contribution in [3.8, 4) is 0 Å². The summed E-state index contributed by atoms with van der Waals surface area (Å²) in [4.78, 5) is 34.1. The van der Waals surface area contributed by atoms with Crippen molar-refractivity contribution in [2.45, 2.75) is 33.2 Å². The number of allylic oxidation sites excluding steroid dienone is 1. The summed E-state index contributed by atoms with van der Waals surface area (Å²) in [7, 11) is 0. The summed E-state index contributed by atoms with van der Waals surface area (Å²) < 4.78 is 5.74. The number of rotatable bonds is 8. The first kappa shape index (κ1) is 20.4. The van der Waals surface area contributed by atoms with Crippen molar-refractivity contribution in [3.05, 3.63) is 57.8 Å². The Labute approximate surface area is 180 Å². The first-order valence-corrected chi connectivity index (χ1v) is 11.1. The van der Waals surface area contributed by atoms with E-state index in [2.05, 4.69) is 10.3 Å². The van der Waals surface area contributed by atoms with Crippen LogP contribution in [-0.4, -0.2) is 48.1 Å². The van der Waals surface area contributed by atoms with E-state index in [0.717, 1.165) is 24.2 Å². The Kier molecular flexibility index (Phi) is 6.03. The van der Waals surface area contributed by atoms with Crippen LogP contribution < -0.4 is 10.2 Å². The van der Waals surface area contributed by atoms with Crippen LogP contribution in [-0.2, 0) is 11.3 Å². The fourth-order valence-electron chi connectivity index (χ4n) is 3.42. The number of carbonyl (C=O) groups excluding carboxylic acids is 2. The molecule has 2 aromatic rings. The molecule has 1 saturated heterocycles. The van der Waals surface area contributed by atoms with Crippen molar-refractivity contribution in [3.63, 3.8) is 0 Å². The Bertz CT molecular complexity index is 964. The number of aryl methyl sites for hydroxylation is 1. The fourth-order valence-corrected chi connectivity index (χ4v) is 4.43. The van der Waals surface area contributed by atoms with Crippen molar-refractivity contribution < 1.29 is 14.3 Å². The minimum atomic E-state index is -0.166. The molecule has 1 aromatic heterocycles. The van der Waals surface area contributed by atoms with Crippen LogP contribution in [0.15, 0.2) is 41.7 Å². The third-order valence-corrected chi connectivity index (χ3v) is 6.34. The van der Waals surface area contributed by atoms with Gasteiger partial charge in [0.1, 0.15) is 10.6 Å². The number of amides is 3. The first-order chi connectivity index (χ1) is 14.6. The summed E-state index contributed by atoms with van der Waals surface area (Å²) in [6.07, 6.45) is 2.13. The van der Waals surface area contributed by atoms with Gasteiger partial charge >= 0.3 is 6.03 Å². The lowest BCUT2D eigenvalue weighted by Gasteiger charge is -2.18. The molecule has 30 heavy (non-hydrogen) atoms. The molecule has 0 unspecified atom stereocenters. The molecule has 0 bridgehead atoms. The summed E-state index contributed by atoms with van der Waals surface area (Å²) in [5.41, 5.74) is 2.99. The average Bonchev–Trinajstić information content (AvgIpc) is 3.44. The molecule has 1 aliphatic heterocycles. The lowest BCUT2D eigenvalue weighted by Crippen LogP contribution is -2.33. The third kappa shape index (κ3) is 4.48. The molecular weight excluding hydrogens is 400 g/mol. The maximum atomic E-state index is 12.9. The Morgan fingerprint density at radius 2 is 2.00 bits per heavy atom. The number of ether oxygens (including phenoxy) is 1. The zero-order chi connectivity index (χ0) is 21.1. The number of benzene rings is 1. The summed E-state index contributed by atoms with van der Waals surface area (Å²) in [6.45, 7) is 6.52. The predicted octanol–water partition coefficient (Wildman–Crippen LogP) is 3.71. The molecule has 2 heterocycles. The maximum absolute atomic E-state index is 12.9. The van der Waals surface area contributed by atoms with Crippen LogP contribution in [0.25, 0.3) is 0 Å². The highest BCUT2D eigenvalue weighted by molar-refractivity contribution is 7.17. The van der Waals surface area contributed by atoms with Crippen LogP contribution in [0.5, 0.6) is 0 Å². The van der Waals surface area contributed by atoms with E-state index in [1.54, 1.807) is 16.7 Å². The van der Waals surface area contributed by atoms with Gasteiger partial charge in [-0.25, -0.2) is 9.78 Å². The summed E-state index contributed by atoms with van der Waals surface area (Å²) in [5.74, 6) is 0.768. The molecule has 7 nitrogen and oxygen atoms in total. The van der Waals surface area contributed by atoms with Gasteiger partial charge in [0.15, 0.2) is 5.13 Å². The minimum Gasteiger partial charge on any atom is -0.496 e. The molecule has 3 amide bonds. The van der Waals surface area contributed by atoms with Gasteiger partial charge in [0, 0.05) is 19.6 Å². The number of thiazole rings is 1. The van der Waals surface area contributed by atoms with Crippen LogP contribution in [0, 0.1) is 6.92 Å². The molecule has 0 spiro atoms. The summed E-state index contributed by atoms with van der Waals surface area (Å²) in [6, 6.07) is 9.68. The number of aromatic nitrogens is 1. The molecule has 4 rings (SSSR count). The van der Waals surface area contributed by atoms with E-state index in [-0.39, 0.29) is 11.9 Å². The molecule has 0 atom stereocenters. The van der Waals surface area contributed by atoms with E-state index >= 15 is 0 Å². The highest BCUT2D eigenvalue weighted by Gasteiger charge is 2.34. The van der Waals surface area contributed by atoms with Gasteiger partial charge in [-0.2, -0.15) is 0 Å². The highest BCUT2D eigenvalue weighted by Crippen LogP contribution is 2.34. The van der Waals surface area contributed by atoms with Gasteiger partial charge in [0.2, 0.25) is 0 Å². The van der Waals surface area contributed by atoms with Gasteiger partial charge in [0.05, 0.1) is 18.8 Å². The molecule has 1 aromatic carbocycles. The zero-order valence-corrected chi connectivity index (χ0v) is 18.1. The largest absolute Gasteiger partial charge is 0.496 e. The average molecular weight is 427 g/mol. The number of nitrogens with one attached hydrogen (secondary N) is 1. The molecule has 158 valence electrons. The second kappa shape index (κ2) is 8.87. The SMILES string of the molecule is CCOC(CN1CCN(c2nc(C)c(C(=O)NCc3ccccc3)s2)C1=O)=C1CC1. The van der Waals surface area contributed by atoms with E-state index in [4.69, 9.17) is 4.74 Å². The van der Waals surface area contributed by atoms with E-state index in [9.17, 15) is 9.59 Å². The van der Waals surface area contributed by atoms with Crippen LogP contribution in [0.3, 0.4) is 0 Å². The fraction of sp³-hybridized carbons (Fsp3) is 0.409. The molecule has 0 radical (unpaired) electrons. The topological polar surface area (TPSA) is 74.8 Å². The standard InChI is InChI=1S/C22H26N4O3S/c1-3-29-18(17-9-10-17)14-25-11-12-26(22(25)28)21-24-15(2)19(30-21)20(27)23-13-16-7-5-4-6-8-16/h4-8H,3,9-14H2,1-2H3,(H,23,27). The molecular formula is C22H26N4O3S. The summed E-state index contributed by atoms with van der Waals surface area (Å²) in [5, 5.41) is 3.51. The van der Waals surface area contributed by atoms with Crippen LogP contribution >= 0.6 is 11.3 Å². The molecule has 2 fully saturated rings. The van der Waals surface area contributed by atoms with Gasteiger partial charge in [-0.05, 0) is 37.8 Å². The Morgan fingerprint density at radius 3 is 2.70 bits per heavy atom. The highest BCUT2D eigenvalue weighted by atomic mass is 32.1. The quantitative estimate of drug-likeness (QED) is 0.653. The van der Waals surface area contributed by atoms with Crippen LogP contribution in [0.1, 0.15) is 40.7 Å². The van der Waals surface area contributed by atoms with Crippen molar-refractivity contribution in [2.75, 3.05) is 31.1 Å². The van der Waals surface area contributed by atoms with Crippen molar-refractivity contribution >= 4 is 28.4 Å². The third-order valence-electron chi connectivity index (χ3n) is 5.16. The maximum Gasteiger partial charge on any atom is 0.326 e. The van der Waals surface area contributed by atoms with Gasteiger partial charge in [-0.1, -0.05) is 41.7 Å². The normalized spacial score (nSPS) is 15.5. The monoisotopic (exact) mass is 426 g/mol. The van der Waals surface area contributed by atoms with Crippen molar-refractivity contribution in [1.29, 1.82) is 0 Å². The lowest BCUT2D eigenvalue weighted by molar-refractivity contribution is 0.0954. The molecule has 8 heteroatoms. The number of carbonyl (C=O) groups is 2. The smallest absolute Gasteiger partial charge is 0.326 e. The molecule has 1 aliphatic carbocycles. The Morgan fingerprint density at radius 1 is 1.23 bits per heavy atom. The van der Waals surface area contributed by atoms with Gasteiger partial charge in [0.25, 0.3) is 5.91 Å². The molecule has 1 saturated carbocycles. The van der Waals surface area contributed by atoms with Crippen LogP contribution in [0.4, 0.5) is 9.93 Å². The number of hydrogen-bond acceptors (Lipinski definition) is 5. The van der Waals surface area contributed by atoms with E-state index in [1.165, 1.54) is 16.9 Å².